The molecule has 0 amide bonds. The molecule has 1 N–H and O–H groups in total. The zero-order chi connectivity index (χ0) is 18.7. The molecule has 0 saturated carbocycles. The van der Waals surface area contributed by atoms with E-state index in [2.05, 4.69) is 6.92 Å². The summed E-state index contributed by atoms with van der Waals surface area (Å²) < 4.78 is 11.6. The lowest BCUT2D eigenvalue weighted by molar-refractivity contribution is -0.157. The Bertz CT molecular complexity index is 371. The van der Waals surface area contributed by atoms with Gasteiger partial charge >= 0.3 is 5.97 Å². The third kappa shape index (κ3) is 7.65. The average Bonchev–Trinajstić information content (AvgIpc) is 2.62. The van der Waals surface area contributed by atoms with Crippen molar-refractivity contribution in [3.63, 3.8) is 0 Å². The molecule has 1 saturated heterocycles. The number of carboxylic acid groups (broad SMARTS) is 1. The lowest BCUT2D eigenvalue weighted by Crippen LogP contribution is -2.42. The van der Waals surface area contributed by atoms with Crippen LogP contribution >= 0.6 is 0 Å². The van der Waals surface area contributed by atoms with Gasteiger partial charge in [-0.1, -0.05) is 65.2 Å². The van der Waals surface area contributed by atoms with Gasteiger partial charge in [0.15, 0.2) is 0 Å². The van der Waals surface area contributed by atoms with Crippen molar-refractivity contribution in [2.45, 2.75) is 104 Å². The Morgan fingerprint density at radius 1 is 0.920 bits per heavy atom. The number of aliphatic carboxylic acids is 1. The van der Waals surface area contributed by atoms with E-state index >= 15 is 0 Å². The molecule has 25 heavy (non-hydrogen) atoms. The summed E-state index contributed by atoms with van der Waals surface area (Å²) in [6.07, 6.45) is 11.1. The van der Waals surface area contributed by atoms with E-state index in [4.69, 9.17) is 9.47 Å². The molecule has 1 rings (SSSR count). The van der Waals surface area contributed by atoms with Crippen molar-refractivity contribution in [1.82, 2.24) is 0 Å². The van der Waals surface area contributed by atoms with Gasteiger partial charge in [0.1, 0.15) is 0 Å². The van der Waals surface area contributed by atoms with Gasteiger partial charge in [-0.25, -0.2) is 0 Å². The van der Waals surface area contributed by atoms with Crippen LogP contribution in [0, 0.1) is 11.3 Å². The van der Waals surface area contributed by atoms with Crippen LogP contribution < -0.4 is 0 Å². The first kappa shape index (κ1) is 22.4. The van der Waals surface area contributed by atoms with Gasteiger partial charge in [-0.3, -0.25) is 4.79 Å². The summed E-state index contributed by atoms with van der Waals surface area (Å²) in [5.41, 5.74) is -0.730. The van der Waals surface area contributed by atoms with Crippen molar-refractivity contribution >= 4 is 5.97 Å². The number of carboxylic acids is 1. The highest BCUT2D eigenvalue weighted by Gasteiger charge is 2.45. The van der Waals surface area contributed by atoms with Crippen LogP contribution in [0.3, 0.4) is 0 Å². The SMILES string of the molecule is CCCCCCCCCCC1(C(=O)O)CC(C)OCC(C)OCC1C. The van der Waals surface area contributed by atoms with E-state index in [0.717, 1.165) is 19.3 Å². The summed E-state index contributed by atoms with van der Waals surface area (Å²) in [6.45, 7) is 9.30. The van der Waals surface area contributed by atoms with Crippen LogP contribution in [-0.4, -0.2) is 36.5 Å². The Hall–Kier alpha value is -0.610. The molecule has 4 heteroatoms. The van der Waals surface area contributed by atoms with Gasteiger partial charge in [-0.15, -0.1) is 0 Å². The first-order valence-corrected chi connectivity index (χ1v) is 10.4. The molecule has 0 spiro atoms. The van der Waals surface area contributed by atoms with E-state index in [-0.39, 0.29) is 18.1 Å². The van der Waals surface area contributed by atoms with Crippen molar-refractivity contribution in [1.29, 1.82) is 0 Å². The number of ether oxygens (including phenoxy) is 2. The van der Waals surface area contributed by atoms with E-state index in [1.165, 1.54) is 38.5 Å². The standard InChI is InChI=1S/C21H40O4/c1-5-6-7-8-9-10-11-12-13-21(20(22)23)14-18(3)25-16-19(4)24-15-17(21)2/h17-19H,5-16H2,1-4H3,(H,22,23). The second-order valence-electron chi connectivity index (χ2n) is 8.08. The summed E-state index contributed by atoms with van der Waals surface area (Å²) in [7, 11) is 0. The van der Waals surface area contributed by atoms with Crippen LogP contribution in [-0.2, 0) is 14.3 Å². The van der Waals surface area contributed by atoms with Gasteiger partial charge in [0, 0.05) is 0 Å². The maximum Gasteiger partial charge on any atom is 0.310 e. The molecule has 1 aliphatic heterocycles. The number of carbonyl (C=O) groups is 1. The molecule has 0 aliphatic carbocycles. The van der Waals surface area contributed by atoms with Crippen LogP contribution in [0.25, 0.3) is 0 Å². The quantitative estimate of drug-likeness (QED) is 0.530. The Morgan fingerprint density at radius 3 is 2.08 bits per heavy atom. The predicted molar refractivity (Wildman–Crippen MR) is 102 cm³/mol. The molecule has 0 aromatic heterocycles. The molecule has 0 radical (unpaired) electrons. The highest BCUT2D eigenvalue weighted by atomic mass is 16.5. The van der Waals surface area contributed by atoms with Crippen molar-refractivity contribution in [3.8, 4) is 0 Å². The summed E-state index contributed by atoms with van der Waals surface area (Å²) in [6, 6.07) is 0. The zero-order valence-corrected chi connectivity index (χ0v) is 16.9. The molecule has 4 atom stereocenters. The van der Waals surface area contributed by atoms with Gasteiger partial charge in [0.2, 0.25) is 0 Å². The van der Waals surface area contributed by atoms with Crippen LogP contribution in [0.5, 0.6) is 0 Å². The maximum atomic E-state index is 12.2. The van der Waals surface area contributed by atoms with E-state index in [0.29, 0.717) is 19.6 Å². The van der Waals surface area contributed by atoms with Crippen molar-refractivity contribution in [2.24, 2.45) is 11.3 Å². The number of rotatable bonds is 10. The molecule has 4 unspecified atom stereocenters. The molecular formula is C21H40O4. The minimum atomic E-state index is -0.730. The molecule has 148 valence electrons. The largest absolute Gasteiger partial charge is 0.481 e. The molecule has 1 fully saturated rings. The van der Waals surface area contributed by atoms with E-state index in [9.17, 15) is 9.90 Å². The molecule has 1 aliphatic rings. The maximum absolute atomic E-state index is 12.2. The van der Waals surface area contributed by atoms with Crippen LogP contribution in [0.2, 0.25) is 0 Å². The van der Waals surface area contributed by atoms with Crippen molar-refractivity contribution < 1.29 is 19.4 Å². The van der Waals surface area contributed by atoms with E-state index in [1.807, 2.05) is 20.8 Å². The summed E-state index contributed by atoms with van der Waals surface area (Å²) in [5, 5.41) is 10.0. The van der Waals surface area contributed by atoms with Crippen LogP contribution in [0.15, 0.2) is 0 Å². The minimum Gasteiger partial charge on any atom is -0.481 e. The fraction of sp³-hybridized carbons (Fsp3) is 0.952. The van der Waals surface area contributed by atoms with Gasteiger partial charge in [0.05, 0.1) is 30.8 Å². The fourth-order valence-corrected chi connectivity index (χ4v) is 3.92. The van der Waals surface area contributed by atoms with Crippen LogP contribution in [0.4, 0.5) is 0 Å². The zero-order valence-electron chi connectivity index (χ0n) is 16.9. The summed E-state index contributed by atoms with van der Waals surface area (Å²) >= 11 is 0. The molecule has 0 aromatic rings. The Kier molecular flexibility index (Phi) is 10.7. The first-order valence-electron chi connectivity index (χ1n) is 10.4. The van der Waals surface area contributed by atoms with Crippen LogP contribution in [0.1, 0.15) is 91.9 Å². The van der Waals surface area contributed by atoms with Crippen molar-refractivity contribution in [2.75, 3.05) is 13.2 Å². The molecule has 4 nitrogen and oxygen atoms in total. The minimum absolute atomic E-state index is 0.00107. The third-order valence-electron chi connectivity index (χ3n) is 5.74. The van der Waals surface area contributed by atoms with Crippen molar-refractivity contribution in [3.05, 3.63) is 0 Å². The van der Waals surface area contributed by atoms with Gasteiger partial charge < -0.3 is 14.6 Å². The predicted octanol–water partition coefficient (Wildman–Crippen LogP) is 5.44. The summed E-state index contributed by atoms with van der Waals surface area (Å²) in [5.74, 6) is -0.683. The lowest BCUT2D eigenvalue weighted by atomic mass is 9.69. The molecule has 0 aromatic carbocycles. The van der Waals surface area contributed by atoms with E-state index < -0.39 is 11.4 Å². The lowest BCUT2D eigenvalue weighted by Gasteiger charge is -2.36. The Morgan fingerprint density at radius 2 is 1.48 bits per heavy atom. The number of hydrogen-bond acceptors (Lipinski definition) is 3. The third-order valence-corrected chi connectivity index (χ3v) is 5.74. The molecule has 0 bridgehead atoms. The van der Waals surface area contributed by atoms with E-state index in [1.54, 1.807) is 0 Å². The smallest absolute Gasteiger partial charge is 0.310 e. The second-order valence-corrected chi connectivity index (χ2v) is 8.08. The second kappa shape index (κ2) is 11.9. The highest BCUT2D eigenvalue weighted by molar-refractivity contribution is 5.75. The first-order chi connectivity index (χ1) is 11.9. The highest BCUT2D eigenvalue weighted by Crippen LogP contribution is 2.40. The van der Waals surface area contributed by atoms with Gasteiger partial charge in [-0.05, 0) is 32.6 Å². The van der Waals surface area contributed by atoms with Gasteiger partial charge in [-0.2, -0.15) is 0 Å². The molecule has 1 heterocycles. The Labute approximate surface area is 154 Å². The van der Waals surface area contributed by atoms with Gasteiger partial charge in [0.25, 0.3) is 0 Å². The monoisotopic (exact) mass is 356 g/mol. The topological polar surface area (TPSA) is 55.8 Å². The normalized spacial score (nSPS) is 31.1. The fourth-order valence-electron chi connectivity index (χ4n) is 3.92. The number of unbranched alkanes of at least 4 members (excludes halogenated alkanes) is 7. The average molecular weight is 357 g/mol. The Balaban J connectivity index is 2.55. The molecular weight excluding hydrogens is 316 g/mol. The summed E-state index contributed by atoms with van der Waals surface area (Å²) in [4.78, 5) is 12.2. The number of hydrogen-bond donors (Lipinski definition) is 1.